The molecule has 1 heterocycles. The van der Waals surface area contributed by atoms with Crippen LogP contribution in [0.3, 0.4) is 0 Å². The van der Waals surface area contributed by atoms with Crippen molar-refractivity contribution in [1.82, 2.24) is 0 Å². The van der Waals surface area contributed by atoms with Crippen molar-refractivity contribution in [1.29, 1.82) is 0 Å². The third-order valence-electron chi connectivity index (χ3n) is 4.57. The Morgan fingerprint density at radius 3 is 2.70 bits per heavy atom. The summed E-state index contributed by atoms with van der Waals surface area (Å²) in [5.74, 6) is 0.238. The van der Waals surface area contributed by atoms with Gasteiger partial charge in [0.25, 0.3) is 0 Å². The lowest BCUT2D eigenvalue weighted by Gasteiger charge is -2.28. The number of benzene rings is 1. The minimum atomic E-state index is -0.518. The summed E-state index contributed by atoms with van der Waals surface area (Å²) in [6.45, 7) is 6.25. The molecule has 1 atom stereocenters. The maximum atomic E-state index is 12.6. The van der Waals surface area contributed by atoms with Gasteiger partial charge in [0.1, 0.15) is 11.4 Å². The summed E-state index contributed by atoms with van der Waals surface area (Å²) in [4.78, 5) is 26.6. The number of Topliss-reactive ketones (excluding diaryl/α,β-unsaturated/α-hetero) is 1. The van der Waals surface area contributed by atoms with Gasteiger partial charge >= 0.3 is 6.09 Å². The van der Waals surface area contributed by atoms with E-state index in [9.17, 15) is 9.59 Å². The van der Waals surface area contributed by atoms with E-state index in [0.717, 1.165) is 42.5 Å². The Hall–Kier alpha value is -1.84. The van der Waals surface area contributed by atoms with Crippen LogP contribution in [0.1, 0.15) is 63.5 Å². The number of hydrogen-bond acceptors (Lipinski definition) is 3. The molecule has 23 heavy (non-hydrogen) atoms. The molecule has 1 unspecified atom stereocenters. The van der Waals surface area contributed by atoms with E-state index in [2.05, 4.69) is 6.07 Å². The second kappa shape index (κ2) is 5.99. The molecule has 3 rings (SSSR count). The fourth-order valence-corrected chi connectivity index (χ4v) is 3.58. The van der Waals surface area contributed by atoms with Crippen LogP contribution in [0.15, 0.2) is 18.2 Å². The van der Waals surface area contributed by atoms with Gasteiger partial charge < -0.3 is 4.74 Å². The number of ether oxygens (including phenoxy) is 1. The molecule has 1 amide bonds. The van der Waals surface area contributed by atoms with Crippen molar-refractivity contribution in [2.24, 2.45) is 0 Å². The predicted octanol–water partition coefficient (Wildman–Crippen LogP) is 4.21. The van der Waals surface area contributed by atoms with E-state index in [-0.39, 0.29) is 12.0 Å². The van der Waals surface area contributed by atoms with E-state index in [1.54, 1.807) is 4.90 Å². The summed E-state index contributed by atoms with van der Waals surface area (Å²) < 4.78 is 5.55. The molecular weight excluding hydrogens is 290 g/mol. The van der Waals surface area contributed by atoms with Crippen molar-refractivity contribution < 1.29 is 14.3 Å². The number of nitrogens with zero attached hydrogens (tertiary/aromatic N) is 1. The summed E-state index contributed by atoms with van der Waals surface area (Å²) in [6.07, 6.45) is 4.11. The molecule has 2 aliphatic rings. The number of anilines is 1. The molecule has 4 nitrogen and oxygen atoms in total. The van der Waals surface area contributed by atoms with Crippen molar-refractivity contribution in [2.75, 3.05) is 11.4 Å². The standard InChI is InChI=1S/C19H25NO3/c1-19(2,3)23-18(22)20-12-11-13-7-6-9-15(17(13)20)14-8-4-5-10-16(14)21/h6-7,9,14H,4-5,8,10-12H2,1-3H3. The normalized spacial score (nSPS) is 21.3. The lowest BCUT2D eigenvalue weighted by atomic mass is 9.81. The SMILES string of the molecule is CC(C)(C)OC(=O)N1CCc2cccc(C3CCCCC3=O)c21. The van der Waals surface area contributed by atoms with Crippen LogP contribution in [0.4, 0.5) is 10.5 Å². The van der Waals surface area contributed by atoms with Gasteiger partial charge in [-0.15, -0.1) is 0 Å². The van der Waals surface area contributed by atoms with Gasteiger partial charge in [-0.05, 0) is 51.2 Å². The topological polar surface area (TPSA) is 46.6 Å². The van der Waals surface area contributed by atoms with E-state index in [0.29, 0.717) is 18.7 Å². The lowest BCUT2D eigenvalue weighted by molar-refractivity contribution is -0.121. The maximum absolute atomic E-state index is 12.6. The fourth-order valence-electron chi connectivity index (χ4n) is 3.58. The fraction of sp³-hybridized carbons (Fsp3) is 0.579. The molecule has 0 radical (unpaired) electrons. The first kappa shape index (κ1) is 16.0. The smallest absolute Gasteiger partial charge is 0.414 e. The molecule has 1 aromatic carbocycles. The first-order valence-electron chi connectivity index (χ1n) is 8.52. The molecule has 4 heteroatoms. The van der Waals surface area contributed by atoms with E-state index in [1.165, 1.54) is 0 Å². The minimum absolute atomic E-state index is 0.0678. The molecule has 1 aliphatic heterocycles. The highest BCUT2D eigenvalue weighted by Gasteiger charge is 2.34. The third-order valence-corrected chi connectivity index (χ3v) is 4.57. The number of ketones is 1. The van der Waals surface area contributed by atoms with Crippen LogP contribution in [-0.2, 0) is 16.0 Å². The summed E-state index contributed by atoms with van der Waals surface area (Å²) in [6, 6.07) is 6.07. The zero-order valence-corrected chi connectivity index (χ0v) is 14.2. The molecule has 0 aromatic heterocycles. The zero-order chi connectivity index (χ0) is 16.6. The van der Waals surface area contributed by atoms with Gasteiger partial charge in [-0.25, -0.2) is 4.79 Å². The Bertz CT molecular complexity index is 630. The molecule has 1 aliphatic carbocycles. The monoisotopic (exact) mass is 315 g/mol. The largest absolute Gasteiger partial charge is 0.443 e. The van der Waals surface area contributed by atoms with E-state index >= 15 is 0 Å². The van der Waals surface area contributed by atoms with E-state index < -0.39 is 5.60 Å². The minimum Gasteiger partial charge on any atom is -0.443 e. The predicted molar refractivity (Wildman–Crippen MR) is 89.9 cm³/mol. The maximum Gasteiger partial charge on any atom is 0.414 e. The zero-order valence-electron chi connectivity index (χ0n) is 14.2. The van der Waals surface area contributed by atoms with Gasteiger partial charge in [0.2, 0.25) is 0 Å². The summed E-state index contributed by atoms with van der Waals surface area (Å²) in [7, 11) is 0. The van der Waals surface area contributed by atoms with E-state index in [4.69, 9.17) is 4.74 Å². The van der Waals surface area contributed by atoms with Crippen molar-refractivity contribution in [2.45, 2.75) is 64.4 Å². The number of carbonyl (C=O) groups excluding carboxylic acids is 2. The molecule has 0 bridgehead atoms. The van der Waals surface area contributed by atoms with Crippen molar-refractivity contribution in [3.8, 4) is 0 Å². The summed E-state index contributed by atoms with van der Waals surface area (Å²) >= 11 is 0. The summed E-state index contributed by atoms with van der Waals surface area (Å²) in [5.41, 5.74) is 2.56. The number of carbonyl (C=O) groups is 2. The van der Waals surface area contributed by atoms with Gasteiger partial charge in [0.15, 0.2) is 0 Å². The Morgan fingerprint density at radius 1 is 1.22 bits per heavy atom. The highest BCUT2D eigenvalue weighted by molar-refractivity contribution is 5.95. The lowest BCUT2D eigenvalue weighted by Crippen LogP contribution is -2.36. The van der Waals surface area contributed by atoms with Crippen LogP contribution in [-0.4, -0.2) is 24.0 Å². The van der Waals surface area contributed by atoms with Crippen LogP contribution in [0.25, 0.3) is 0 Å². The molecule has 0 N–H and O–H groups in total. The first-order valence-corrected chi connectivity index (χ1v) is 8.52. The first-order chi connectivity index (χ1) is 10.9. The Kier molecular flexibility index (Phi) is 4.17. The second-order valence-corrected chi connectivity index (χ2v) is 7.50. The number of fused-ring (bicyclic) bond motifs is 1. The highest BCUT2D eigenvalue weighted by Crippen LogP contribution is 2.40. The quantitative estimate of drug-likeness (QED) is 0.780. The van der Waals surface area contributed by atoms with Crippen LogP contribution in [0.2, 0.25) is 0 Å². The molecule has 0 saturated heterocycles. The average Bonchev–Trinajstić information content (AvgIpc) is 2.90. The Balaban J connectivity index is 1.94. The number of para-hydroxylation sites is 1. The third kappa shape index (κ3) is 3.26. The molecular formula is C19H25NO3. The van der Waals surface area contributed by atoms with Crippen LogP contribution in [0, 0.1) is 0 Å². The molecule has 124 valence electrons. The van der Waals surface area contributed by atoms with Crippen molar-refractivity contribution >= 4 is 17.6 Å². The van der Waals surface area contributed by atoms with Crippen LogP contribution < -0.4 is 4.90 Å². The van der Waals surface area contributed by atoms with Gasteiger partial charge in [-0.2, -0.15) is 0 Å². The van der Waals surface area contributed by atoms with Gasteiger partial charge in [-0.3, -0.25) is 9.69 Å². The molecule has 1 saturated carbocycles. The van der Waals surface area contributed by atoms with Gasteiger partial charge in [0, 0.05) is 18.9 Å². The van der Waals surface area contributed by atoms with Crippen molar-refractivity contribution in [3.63, 3.8) is 0 Å². The highest BCUT2D eigenvalue weighted by atomic mass is 16.6. The summed E-state index contributed by atoms with van der Waals surface area (Å²) in [5, 5.41) is 0. The number of rotatable bonds is 1. The molecule has 0 spiro atoms. The van der Waals surface area contributed by atoms with Crippen molar-refractivity contribution in [3.05, 3.63) is 29.3 Å². The number of amides is 1. The Morgan fingerprint density at radius 2 is 2.00 bits per heavy atom. The second-order valence-electron chi connectivity index (χ2n) is 7.50. The van der Waals surface area contributed by atoms with Gasteiger partial charge in [-0.1, -0.05) is 24.6 Å². The average molecular weight is 315 g/mol. The van der Waals surface area contributed by atoms with Crippen LogP contribution >= 0.6 is 0 Å². The Labute approximate surface area is 137 Å². The number of hydrogen-bond donors (Lipinski definition) is 0. The van der Waals surface area contributed by atoms with Gasteiger partial charge in [0.05, 0.1) is 5.69 Å². The molecule has 1 aromatic rings. The molecule has 1 fully saturated rings. The van der Waals surface area contributed by atoms with E-state index in [1.807, 2.05) is 32.9 Å². The van der Waals surface area contributed by atoms with Crippen LogP contribution in [0.5, 0.6) is 0 Å².